The molecule has 2 aromatic rings. The minimum Gasteiger partial charge on any atom is -0.497 e. The number of ether oxygens (including phenoxy) is 1. The van der Waals surface area contributed by atoms with Crippen LogP contribution in [0.2, 0.25) is 0 Å². The summed E-state index contributed by atoms with van der Waals surface area (Å²) in [7, 11) is 1.63. The van der Waals surface area contributed by atoms with E-state index in [4.69, 9.17) is 9.84 Å². The van der Waals surface area contributed by atoms with Crippen LogP contribution in [0.25, 0.3) is 11.1 Å². The predicted molar refractivity (Wildman–Crippen MR) is 80.3 cm³/mol. The summed E-state index contributed by atoms with van der Waals surface area (Å²) < 4.78 is 5.12. The first-order chi connectivity index (χ1) is 10.1. The van der Waals surface area contributed by atoms with Crippen LogP contribution in [-0.4, -0.2) is 23.3 Å². The molecule has 0 aliphatic rings. The summed E-state index contributed by atoms with van der Waals surface area (Å²) in [6, 6.07) is 15.2. The third-order valence-corrected chi connectivity index (χ3v) is 3.35. The molecule has 0 spiro atoms. The minimum atomic E-state index is -0.899. The first kappa shape index (κ1) is 15.1. The summed E-state index contributed by atoms with van der Waals surface area (Å²) in [5, 5.41) is 18.5. The molecule has 0 aliphatic carbocycles. The van der Waals surface area contributed by atoms with Crippen molar-refractivity contribution in [3.05, 3.63) is 54.1 Å². The lowest BCUT2D eigenvalue weighted by molar-refractivity contribution is -0.137. The Labute approximate surface area is 123 Å². The molecule has 4 nitrogen and oxygen atoms in total. The lowest BCUT2D eigenvalue weighted by atomic mass is 10.00. The second-order valence-electron chi connectivity index (χ2n) is 4.80. The molecule has 110 valence electrons. The lowest BCUT2D eigenvalue weighted by Gasteiger charge is -2.10. The van der Waals surface area contributed by atoms with E-state index in [2.05, 4.69) is 0 Å². The number of aliphatic hydroxyl groups is 1. The Kier molecular flexibility index (Phi) is 4.95. The summed E-state index contributed by atoms with van der Waals surface area (Å²) in [5.74, 6) is -0.0941. The molecule has 2 rings (SSSR count). The molecule has 0 heterocycles. The van der Waals surface area contributed by atoms with Crippen LogP contribution >= 0.6 is 0 Å². The van der Waals surface area contributed by atoms with E-state index in [9.17, 15) is 9.90 Å². The average molecular weight is 286 g/mol. The fourth-order valence-corrected chi connectivity index (χ4v) is 2.11. The Morgan fingerprint density at radius 1 is 1.05 bits per heavy atom. The van der Waals surface area contributed by atoms with Crippen molar-refractivity contribution in [2.75, 3.05) is 7.11 Å². The molecule has 0 aromatic heterocycles. The minimum absolute atomic E-state index is 0.0403. The highest BCUT2D eigenvalue weighted by Gasteiger charge is 2.10. The van der Waals surface area contributed by atoms with Crippen molar-refractivity contribution in [2.45, 2.75) is 18.9 Å². The van der Waals surface area contributed by atoms with Gasteiger partial charge < -0.3 is 14.9 Å². The normalized spacial score (nSPS) is 11.9. The lowest BCUT2D eigenvalue weighted by Crippen LogP contribution is -2.02. The molecule has 0 saturated heterocycles. The molecule has 1 atom stereocenters. The number of carbonyl (C=O) groups is 1. The van der Waals surface area contributed by atoms with Crippen molar-refractivity contribution < 1.29 is 19.7 Å². The van der Waals surface area contributed by atoms with Gasteiger partial charge in [-0.25, -0.2) is 0 Å². The molecule has 0 bridgehead atoms. The third-order valence-electron chi connectivity index (χ3n) is 3.35. The SMILES string of the molecule is COc1ccc(-c2ccc(C(O)CCC(=O)O)cc2)cc1. The molecule has 0 amide bonds. The topological polar surface area (TPSA) is 66.8 Å². The molecule has 4 heteroatoms. The van der Waals surface area contributed by atoms with Gasteiger partial charge in [-0.2, -0.15) is 0 Å². The van der Waals surface area contributed by atoms with Crippen LogP contribution in [-0.2, 0) is 4.79 Å². The van der Waals surface area contributed by atoms with Crippen LogP contribution in [0.4, 0.5) is 0 Å². The number of rotatable bonds is 6. The smallest absolute Gasteiger partial charge is 0.303 e. The fourth-order valence-electron chi connectivity index (χ4n) is 2.11. The van der Waals surface area contributed by atoms with E-state index in [1.807, 2.05) is 48.5 Å². The van der Waals surface area contributed by atoms with Crippen molar-refractivity contribution in [2.24, 2.45) is 0 Å². The standard InChI is InChI=1S/C17H18O4/c1-21-15-8-6-13(7-9-15)12-2-4-14(5-3-12)16(18)10-11-17(19)20/h2-9,16,18H,10-11H2,1H3,(H,19,20). The highest BCUT2D eigenvalue weighted by molar-refractivity contribution is 5.67. The van der Waals surface area contributed by atoms with Crippen LogP contribution in [0, 0.1) is 0 Å². The van der Waals surface area contributed by atoms with E-state index in [0.29, 0.717) is 0 Å². The Hall–Kier alpha value is -2.33. The zero-order valence-electron chi connectivity index (χ0n) is 11.8. The van der Waals surface area contributed by atoms with E-state index in [-0.39, 0.29) is 12.8 Å². The summed E-state index contributed by atoms with van der Waals surface area (Å²) in [5.41, 5.74) is 2.82. The summed E-state index contributed by atoms with van der Waals surface area (Å²) in [6.45, 7) is 0. The molecule has 2 aromatic carbocycles. The number of methoxy groups -OCH3 is 1. The number of hydrogen-bond acceptors (Lipinski definition) is 3. The molecular weight excluding hydrogens is 268 g/mol. The Bertz CT molecular complexity index is 587. The maximum Gasteiger partial charge on any atom is 0.303 e. The van der Waals surface area contributed by atoms with Gasteiger partial charge in [0.2, 0.25) is 0 Å². The molecule has 21 heavy (non-hydrogen) atoms. The van der Waals surface area contributed by atoms with Gasteiger partial charge in [-0.15, -0.1) is 0 Å². The number of aliphatic hydroxyl groups excluding tert-OH is 1. The zero-order valence-corrected chi connectivity index (χ0v) is 11.8. The molecule has 0 saturated carbocycles. The summed E-state index contributed by atoms with van der Waals surface area (Å²) in [6.07, 6.45) is -0.565. The largest absolute Gasteiger partial charge is 0.497 e. The van der Waals surface area contributed by atoms with Gasteiger partial charge in [-0.1, -0.05) is 36.4 Å². The first-order valence-electron chi connectivity index (χ1n) is 6.74. The van der Waals surface area contributed by atoms with Crippen LogP contribution in [0.3, 0.4) is 0 Å². The van der Waals surface area contributed by atoms with Gasteiger partial charge in [-0.3, -0.25) is 4.79 Å². The number of hydrogen-bond donors (Lipinski definition) is 2. The fraction of sp³-hybridized carbons (Fsp3) is 0.235. The second-order valence-corrected chi connectivity index (χ2v) is 4.80. The Balaban J connectivity index is 2.08. The highest BCUT2D eigenvalue weighted by atomic mass is 16.5. The Morgan fingerprint density at radius 2 is 1.57 bits per heavy atom. The average Bonchev–Trinajstić information content (AvgIpc) is 2.53. The van der Waals surface area contributed by atoms with Crippen molar-refractivity contribution in [3.63, 3.8) is 0 Å². The van der Waals surface area contributed by atoms with Gasteiger partial charge in [0.1, 0.15) is 5.75 Å². The van der Waals surface area contributed by atoms with E-state index in [1.54, 1.807) is 7.11 Å². The first-order valence-corrected chi connectivity index (χ1v) is 6.74. The molecule has 0 radical (unpaired) electrons. The van der Waals surface area contributed by atoms with Gasteiger partial charge >= 0.3 is 5.97 Å². The monoisotopic (exact) mass is 286 g/mol. The summed E-state index contributed by atoms with van der Waals surface area (Å²) in [4.78, 5) is 10.5. The van der Waals surface area contributed by atoms with Crippen LogP contribution in [0.1, 0.15) is 24.5 Å². The van der Waals surface area contributed by atoms with E-state index < -0.39 is 12.1 Å². The molecule has 0 fully saturated rings. The molecule has 0 aliphatic heterocycles. The summed E-state index contributed by atoms with van der Waals surface area (Å²) >= 11 is 0. The van der Waals surface area contributed by atoms with E-state index in [1.165, 1.54) is 0 Å². The van der Waals surface area contributed by atoms with Crippen LogP contribution in [0.5, 0.6) is 5.75 Å². The van der Waals surface area contributed by atoms with Gasteiger partial charge in [0.25, 0.3) is 0 Å². The molecular formula is C17H18O4. The van der Waals surface area contributed by atoms with Crippen molar-refractivity contribution in [3.8, 4) is 16.9 Å². The highest BCUT2D eigenvalue weighted by Crippen LogP contribution is 2.25. The van der Waals surface area contributed by atoms with Crippen molar-refractivity contribution in [1.29, 1.82) is 0 Å². The van der Waals surface area contributed by atoms with Gasteiger partial charge in [0, 0.05) is 6.42 Å². The van der Waals surface area contributed by atoms with Gasteiger partial charge in [-0.05, 0) is 35.2 Å². The number of carboxylic acids is 1. The van der Waals surface area contributed by atoms with Gasteiger partial charge in [0.05, 0.1) is 13.2 Å². The maximum atomic E-state index is 10.5. The number of carboxylic acid groups (broad SMARTS) is 1. The number of benzene rings is 2. The van der Waals surface area contributed by atoms with Crippen molar-refractivity contribution >= 4 is 5.97 Å². The maximum absolute atomic E-state index is 10.5. The number of aliphatic carboxylic acids is 1. The molecule has 1 unspecified atom stereocenters. The quantitative estimate of drug-likeness (QED) is 0.855. The van der Waals surface area contributed by atoms with E-state index in [0.717, 1.165) is 22.4 Å². The van der Waals surface area contributed by atoms with Crippen molar-refractivity contribution in [1.82, 2.24) is 0 Å². The predicted octanol–water partition coefficient (Wildman–Crippen LogP) is 3.26. The van der Waals surface area contributed by atoms with Crippen LogP contribution < -0.4 is 4.74 Å². The Morgan fingerprint density at radius 3 is 2.05 bits per heavy atom. The second kappa shape index (κ2) is 6.90. The molecule has 2 N–H and O–H groups in total. The van der Waals surface area contributed by atoms with Gasteiger partial charge in [0.15, 0.2) is 0 Å². The zero-order chi connectivity index (χ0) is 15.2. The third kappa shape index (κ3) is 4.07. The van der Waals surface area contributed by atoms with Crippen LogP contribution in [0.15, 0.2) is 48.5 Å². The van der Waals surface area contributed by atoms with E-state index >= 15 is 0 Å².